The molecule has 1 aliphatic heterocycles. The fourth-order valence-corrected chi connectivity index (χ4v) is 5.67. The molecule has 2 heterocycles. The molecule has 4 rings (SSSR count). The van der Waals surface area contributed by atoms with E-state index in [4.69, 9.17) is 0 Å². The van der Waals surface area contributed by atoms with Crippen molar-refractivity contribution >= 4 is 15.7 Å². The van der Waals surface area contributed by atoms with Gasteiger partial charge in [-0.3, -0.25) is 9.48 Å². The second kappa shape index (κ2) is 8.67. The molecule has 0 bridgehead atoms. The molecule has 1 amide bonds. The average molecular weight is 438 g/mol. The lowest BCUT2D eigenvalue weighted by Gasteiger charge is -2.20. The Balaban J connectivity index is 1.70. The van der Waals surface area contributed by atoms with Crippen LogP contribution >= 0.6 is 0 Å². The molecule has 1 fully saturated rings. The van der Waals surface area contributed by atoms with Crippen molar-refractivity contribution in [1.82, 2.24) is 14.7 Å². The van der Waals surface area contributed by atoms with Crippen molar-refractivity contribution in [3.8, 4) is 11.3 Å². The summed E-state index contributed by atoms with van der Waals surface area (Å²) in [5.41, 5.74) is 4.23. The van der Waals surface area contributed by atoms with Crippen LogP contribution < -0.4 is 0 Å². The zero-order chi connectivity index (χ0) is 22.0. The second-order valence-corrected chi connectivity index (χ2v) is 10.3. The number of aromatic nitrogens is 2. The summed E-state index contributed by atoms with van der Waals surface area (Å²) in [6, 6.07) is 19.4. The molecule has 0 N–H and O–H groups in total. The monoisotopic (exact) mass is 437 g/mol. The molecule has 1 aliphatic rings. The van der Waals surface area contributed by atoms with E-state index in [9.17, 15) is 13.2 Å². The Morgan fingerprint density at radius 3 is 2.45 bits per heavy atom. The summed E-state index contributed by atoms with van der Waals surface area (Å²) in [5, 5.41) is 4.63. The van der Waals surface area contributed by atoms with E-state index in [1.165, 1.54) is 0 Å². The van der Waals surface area contributed by atoms with Gasteiger partial charge in [0.15, 0.2) is 15.5 Å². The number of hydrogen-bond acceptors (Lipinski definition) is 4. The van der Waals surface area contributed by atoms with Gasteiger partial charge < -0.3 is 4.90 Å². The third-order valence-corrected chi connectivity index (χ3v) is 7.49. The minimum atomic E-state index is -3.08. The number of sulfone groups is 1. The van der Waals surface area contributed by atoms with Crippen LogP contribution in [0.25, 0.3) is 11.3 Å². The summed E-state index contributed by atoms with van der Waals surface area (Å²) < 4.78 is 25.9. The van der Waals surface area contributed by atoms with Crippen molar-refractivity contribution in [1.29, 1.82) is 0 Å². The van der Waals surface area contributed by atoms with Gasteiger partial charge in [0.1, 0.15) is 0 Å². The van der Waals surface area contributed by atoms with E-state index in [0.29, 0.717) is 25.2 Å². The van der Waals surface area contributed by atoms with Crippen LogP contribution in [0.5, 0.6) is 0 Å². The summed E-state index contributed by atoms with van der Waals surface area (Å²) in [4.78, 5) is 15.1. The van der Waals surface area contributed by atoms with Gasteiger partial charge in [0.25, 0.3) is 5.91 Å². The Morgan fingerprint density at radius 2 is 1.84 bits per heavy atom. The van der Waals surface area contributed by atoms with Crippen LogP contribution in [0, 0.1) is 6.92 Å². The molecule has 0 aliphatic carbocycles. The van der Waals surface area contributed by atoms with Crippen LogP contribution in [-0.2, 0) is 16.4 Å². The molecule has 162 valence electrons. The molecule has 1 atom stereocenters. The molecule has 1 saturated heterocycles. The van der Waals surface area contributed by atoms with Crippen LogP contribution in [0.2, 0.25) is 0 Å². The fourth-order valence-electron chi connectivity index (χ4n) is 3.98. The third kappa shape index (κ3) is 4.71. The van der Waals surface area contributed by atoms with Crippen LogP contribution in [-0.4, -0.2) is 47.1 Å². The molecule has 1 aromatic heterocycles. The van der Waals surface area contributed by atoms with E-state index in [0.717, 1.165) is 22.4 Å². The summed E-state index contributed by atoms with van der Waals surface area (Å²) in [5.74, 6) is 0.0608. The standard InChI is InChI=1S/C24H27N3O3S/c1-3-26(16-19-7-5-4-6-8-19)24(28)22-15-23(20-11-9-18(2)10-12-20)27(25-22)21-13-14-31(29,30)17-21/h4-12,15,21H,3,13-14,16-17H2,1-2H3. The van der Waals surface area contributed by atoms with Crippen LogP contribution in [0.15, 0.2) is 60.7 Å². The molecule has 3 aromatic rings. The van der Waals surface area contributed by atoms with Crippen molar-refractivity contribution in [3.05, 3.63) is 77.5 Å². The first-order valence-corrected chi connectivity index (χ1v) is 12.4. The first-order chi connectivity index (χ1) is 14.9. The van der Waals surface area contributed by atoms with Gasteiger partial charge >= 0.3 is 0 Å². The summed E-state index contributed by atoms with van der Waals surface area (Å²) in [7, 11) is -3.08. The smallest absolute Gasteiger partial charge is 0.274 e. The Labute approximate surface area is 183 Å². The summed E-state index contributed by atoms with van der Waals surface area (Å²) >= 11 is 0. The fraction of sp³-hybridized carbons (Fsp3) is 0.333. The molecule has 1 unspecified atom stereocenters. The number of aryl methyl sites for hydroxylation is 1. The predicted octanol–water partition coefficient (Wildman–Crippen LogP) is 3.88. The number of carbonyl (C=O) groups is 1. The summed E-state index contributed by atoms with van der Waals surface area (Å²) in [6.45, 7) is 5.02. The minimum absolute atomic E-state index is 0.0582. The zero-order valence-corrected chi connectivity index (χ0v) is 18.7. The van der Waals surface area contributed by atoms with Gasteiger partial charge in [-0.2, -0.15) is 5.10 Å². The highest BCUT2D eigenvalue weighted by Crippen LogP contribution is 2.30. The van der Waals surface area contributed by atoms with Crippen LogP contribution in [0.4, 0.5) is 0 Å². The highest BCUT2D eigenvalue weighted by atomic mass is 32.2. The van der Waals surface area contributed by atoms with Crippen molar-refractivity contribution in [3.63, 3.8) is 0 Å². The lowest BCUT2D eigenvalue weighted by molar-refractivity contribution is 0.0745. The topological polar surface area (TPSA) is 72.3 Å². The number of hydrogen-bond donors (Lipinski definition) is 0. The van der Waals surface area contributed by atoms with Gasteiger partial charge in [-0.15, -0.1) is 0 Å². The van der Waals surface area contributed by atoms with E-state index < -0.39 is 9.84 Å². The normalized spacial score (nSPS) is 17.5. The third-order valence-electron chi connectivity index (χ3n) is 5.74. The van der Waals surface area contributed by atoms with Gasteiger partial charge in [-0.25, -0.2) is 8.42 Å². The van der Waals surface area contributed by atoms with E-state index in [1.54, 1.807) is 15.6 Å². The first-order valence-electron chi connectivity index (χ1n) is 10.6. The van der Waals surface area contributed by atoms with Crippen molar-refractivity contribution in [2.75, 3.05) is 18.1 Å². The number of benzene rings is 2. The molecule has 0 spiro atoms. The second-order valence-electron chi connectivity index (χ2n) is 8.09. The molecule has 0 saturated carbocycles. The Hall–Kier alpha value is -2.93. The molecule has 6 nitrogen and oxygen atoms in total. The maximum absolute atomic E-state index is 13.3. The van der Waals surface area contributed by atoms with Crippen molar-refractivity contribution in [2.45, 2.75) is 32.9 Å². The zero-order valence-electron chi connectivity index (χ0n) is 17.9. The van der Waals surface area contributed by atoms with Crippen LogP contribution in [0.3, 0.4) is 0 Å². The van der Waals surface area contributed by atoms with E-state index in [2.05, 4.69) is 5.10 Å². The molecule has 0 radical (unpaired) electrons. The molecule has 31 heavy (non-hydrogen) atoms. The molecule has 2 aromatic carbocycles. The Morgan fingerprint density at radius 1 is 1.13 bits per heavy atom. The van der Waals surface area contributed by atoms with E-state index in [-0.39, 0.29) is 23.5 Å². The molecule has 7 heteroatoms. The lowest BCUT2D eigenvalue weighted by atomic mass is 10.1. The SMILES string of the molecule is CCN(Cc1ccccc1)C(=O)c1cc(-c2ccc(C)cc2)n(C2CCS(=O)(=O)C2)n1. The average Bonchev–Trinajstić information content (AvgIpc) is 3.36. The maximum Gasteiger partial charge on any atom is 0.274 e. The quantitative estimate of drug-likeness (QED) is 0.587. The lowest BCUT2D eigenvalue weighted by Crippen LogP contribution is -2.30. The van der Waals surface area contributed by atoms with E-state index >= 15 is 0 Å². The van der Waals surface area contributed by atoms with Gasteiger partial charge in [0, 0.05) is 13.1 Å². The molecular weight excluding hydrogens is 410 g/mol. The van der Waals surface area contributed by atoms with Crippen LogP contribution in [0.1, 0.15) is 41.0 Å². The van der Waals surface area contributed by atoms with E-state index in [1.807, 2.05) is 68.4 Å². The maximum atomic E-state index is 13.3. The minimum Gasteiger partial charge on any atom is -0.333 e. The number of nitrogens with zero attached hydrogens (tertiary/aromatic N) is 3. The largest absolute Gasteiger partial charge is 0.333 e. The highest BCUT2D eigenvalue weighted by Gasteiger charge is 2.32. The number of amides is 1. The Kier molecular flexibility index (Phi) is 5.96. The predicted molar refractivity (Wildman–Crippen MR) is 122 cm³/mol. The number of rotatable bonds is 6. The molecular formula is C24H27N3O3S. The summed E-state index contributed by atoms with van der Waals surface area (Å²) in [6.07, 6.45) is 0.512. The van der Waals surface area contributed by atoms with Gasteiger partial charge in [0.2, 0.25) is 0 Å². The first kappa shape index (κ1) is 21.3. The Bertz CT molecular complexity index is 1170. The number of carbonyl (C=O) groups excluding carboxylic acids is 1. The highest BCUT2D eigenvalue weighted by molar-refractivity contribution is 7.91. The van der Waals surface area contributed by atoms with Gasteiger partial charge in [0.05, 0.1) is 23.2 Å². The van der Waals surface area contributed by atoms with Gasteiger partial charge in [-0.05, 0) is 37.5 Å². The van der Waals surface area contributed by atoms with Crippen molar-refractivity contribution in [2.24, 2.45) is 0 Å². The van der Waals surface area contributed by atoms with Crippen molar-refractivity contribution < 1.29 is 13.2 Å². The van der Waals surface area contributed by atoms with Gasteiger partial charge in [-0.1, -0.05) is 60.2 Å².